The lowest BCUT2D eigenvalue weighted by atomic mass is 10.1. The smallest absolute Gasteiger partial charge is 0.142 e. The molecular formula is C13H11FN2O. The second-order valence-electron chi connectivity index (χ2n) is 3.93. The van der Waals surface area contributed by atoms with E-state index in [4.69, 9.17) is 4.74 Å². The Balaban J connectivity index is 1.90. The summed E-state index contributed by atoms with van der Waals surface area (Å²) in [6, 6.07) is 8.36. The number of hydrogen-bond donors (Lipinski definition) is 1. The molecule has 0 amide bonds. The maximum Gasteiger partial charge on any atom is 0.142 e. The van der Waals surface area contributed by atoms with E-state index in [2.05, 4.69) is 10.3 Å². The molecule has 1 aromatic carbocycles. The normalized spacial score (nSPS) is 17.8. The van der Waals surface area contributed by atoms with Gasteiger partial charge in [0, 0.05) is 18.5 Å². The molecule has 0 saturated heterocycles. The minimum absolute atomic E-state index is 0.0345. The van der Waals surface area contributed by atoms with Gasteiger partial charge in [0.25, 0.3) is 0 Å². The van der Waals surface area contributed by atoms with Crippen molar-refractivity contribution in [1.29, 1.82) is 0 Å². The number of fused-ring (bicyclic) bond motifs is 1. The molecule has 17 heavy (non-hydrogen) atoms. The minimum atomic E-state index is -0.268. The van der Waals surface area contributed by atoms with Crippen molar-refractivity contribution >= 4 is 5.69 Å². The van der Waals surface area contributed by atoms with Crippen LogP contribution in [-0.4, -0.2) is 11.6 Å². The van der Waals surface area contributed by atoms with Crippen LogP contribution in [0.25, 0.3) is 0 Å². The summed E-state index contributed by atoms with van der Waals surface area (Å²) in [6.45, 7) is 0.530. The van der Waals surface area contributed by atoms with E-state index in [1.54, 1.807) is 18.5 Å². The number of anilines is 1. The third-order valence-corrected chi connectivity index (χ3v) is 2.79. The molecule has 0 spiro atoms. The number of halogens is 1. The summed E-state index contributed by atoms with van der Waals surface area (Å²) in [5.74, 6) is 0.423. The Morgan fingerprint density at radius 3 is 2.88 bits per heavy atom. The molecule has 3 rings (SSSR count). The van der Waals surface area contributed by atoms with Crippen LogP contribution >= 0.6 is 0 Å². The van der Waals surface area contributed by atoms with Gasteiger partial charge in [0.1, 0.15) is 18.2 Å². The largest absolute Gasteiger partial charge is 0.489 e. The van der Waals surface area contributed by atoms with Gasteiger partial charge in [-0.15, -0.1) is 0 Å². The quantitative estimate of drug-likeness (QED) is 0.818. The maximum atomic E-state index is 13.1. The highest BCUT2D eigenvalue weighted by molar-refractivity contribution is 5.59. The monoisotopic (exact) mass is 230 g/mol. The van der Waals surface area contributed by atoms with Crippen LogP contribution in [0, 0.1) is 5.82 Å². The molecule has 2 aromatic rings. The molecule has 1 aliphatic rings. The van der Waals surface area contributed by atoms with Gasteiger partial charge < -0.3 is 10.1 Å². The van der Waals surface area contributed by atoms with Gasteiger partial charge in [-0.2, -0.15) is 0 Å². The minimum Gasteiger partial charge on any atom is -0.489 e. The lowest BCUT2D eigenvalue weighted by molar-refractivity contribution is 0.286. The van der Waals surface area contributed by atoms with Crippen LogP contribution in [0.5, 0.6) is 5.75 Å². The summed E-state index contributed by atoms with van der Waals surface area (Å²) < 4.78 is 18.7. The molecule has 1 atom stereocenters. The Hall–Kier alpha value is -2.10. The van der Waals surface area contributed by atoms with Crippen molar-refractivity contribution in [3.8, 4) is 5.75 Å². The SMILES string of the molecule is Fc1ccc2c(c1)NC(c1ccncc1)CO2. The highest BCUT2D eigenvalue weighted by atomic mass is 19.1. The maximum absolute atomic E-state index is 13.1. The van der Waals surface area contributed by atoms with Crippen LogP contribution in [0.4, 0.5) is 10.1 Å². The van der Waals surface area contributed by atoms with E-state index in [1.807, 2.05) is 12.1 Å². The number of rotatable bonds is 1. The predicted octanol–water partition coefficient (Wildman–Crippen LogP) is 2.77. The molecule has 4 heteroatoms. The zero-order valence-electron chi connectivity index (χ0n) is 9.06. The fourth-order valence-electron chi connectivity index (χ4n) is 1.92. The van der Waals surface area contributed by atoms with Crippen molar-refractivity contribution in [3.05, 3.63) is 54.1 Å². The molecule has 0 bridgehead atoms. The van der Waals surface area contributed by atoms with E-state index in [0.717, 1.165) is 5.56 Å². The zero-order chi connectivity index (χ0) is 11.7. The Labute approximate surface area is 98.3 Å². The first-order valence-corrected chi connectivity index (χ1v) is 5.42. The summed E-state index contributed by atoms with van der Waals surface area (Å²) >= 11 is 0. The third-order valence-electron chi connectivity index (χ3n) is 2.79. The first-order valence-electron chi connectivity index (χ1n) is 5.42. The first-order chi connectivity index (χ1) is 8.33. The number of pyridine rings is 1. The Kier molecular flexibility index (Phi) is 2.40. The summed E-state index contributed by atoms with van der Waals surface area (Å²) in [5, 5.41) is 3.26. The average molecular weight is 230 g/mol. The fourth-order valence-corrected chi connectivity index (χ4v) is 1.92. The highest BCUT2D eigenvalue weighted by Gasteiger charge is 2.20. The Morgan fingerprint density at radius 2 is 2.06 bits per heavy atom. The van der Waals surface area contributed by atoms with Gasteiger partial charge in [-0.1, -0.05) is 0 Å². The van der Waals surface area contributed by atoms with E-state index in [9.17, 15) is 4.39 Å². The number of hydrogen-bond acceptors (Lipinski definition) is 3. The number of benzene rings is 1. The summed E-state index contributed by atoms with van der Waals surface area (Å²) in [7, 11) is 0. The first kappa shape index (κ1) is 10.1. The van der Waals surface area contributed by atoms with Gasteiger partial charge in [-0.3, -0.25) is 4.98 Å². The van der Waals surface area contributed by atoms with Crippen LogP contribution in [-0.2, 0) is 0 Å². The number of aromatic nitrogens is 1. The molecule has 0 saturated carbocycles. The molecule has 0 radical (unpaired) electrons. The molecular weight excluding hydrogens is 219 g/mol. The molecule has 1 N–H and O–H groups in total. The molecule has 2 heterocycles. The van der Waals surface area contributed by atoms with Crippen molar-refractivity contribution < 1.29 is 9.13 Å². The van der Waals surface area contributed by atoms with Gasteiger partial charge in [-0.05, 0) is 29.8 Å². The van der Waals surface area contributed by atoms with Crippen molar-refractivity contribution in [3.63, 3.8) is 0 Å². The van der Waals surface area contributed by atoms with E-state index in [0.29, 0.717) is 18.0 Å². The van der Waals surface area contributed by atoms with Crippen LogP contribution in [0.2, 0.25) is 0 Å². The van der Waals surface area contributed by atoms with E-state index >= 15 is 0 Å². The lowest BCUT2D eigenvalue weighted by Crippen LogP contribution is -2.23. The molecule has 1 unspecified atom stereocenters. The second kappa shape index (κ2) is 4.05. The molecule has 0 aliphatic carbocycles. The standard InChI is InChI=1S/C13H11FN2O/c14-10-1-2-13-11(7-10)16-12(8-17-13)9-3-5-15-6-4-9/h1-7,12,16H,8H2. The summed E-state index contributed by atoms with van der Waals surface area (Å²) in [4.78, 5) is 3.97. The lowest BCUT2D eigenvalue weighted by Gasteiger charge is -2.27. The summed E-state index contributed by atoms with van der Waals surface area (Å²) in [6.07, 6.45) is 3.47. The number of nitrogens with zero attached hydrogens (tertiary/aromatic N) is 1. The van der Waals surface area contributed by atoms with Gasteiger partial charge in [-0.25, -0.2) is 4.39 Å². The molecule has 1 aromatic heterocycles. The van der Waals surface area contributed by atoms with E-state index < -0.39 is 0 Å². The van der Waals surface area contributed by atoms with Gasteiger partial charge in [0.05, 0.1) is 11.7 Å². The highest BCUT2D eigenvalue weighted by Crippen LogP contribution is 2.33. The van der Waals surface area contributed by atoms with Crippen LogP contribution in [0.15, 0.2) is 42.7 Å². The Bertz CT molecular complexity index is 530. The number of ether oxygens (including phenoxy) is 1. The fraction of sp³-hybridized carbons (Fsp3) is 0.154. The van der Waals surface area contributed by atoms with Crippen molar-refractivity contribution in [2.24, 2.45) is 0 Å². The van der Waals surface area contributed by atoms with E-state index in [-0.39, 0.29) is 11.9 Å². The van der Waals surface area contributed by atoms with Crippen molar-refractivity contribution in [2.45, 2.75) is 6.04 Å². The van der Waals surface area contributed by atoms with Crippen molar-refractivity contribution in [1.82, 2.24) is 4.98 Å². The molecule has 0 fully saturated rings. The van der Waals surface area contributed by atoms with Crippen LogP contribution in [0.1, 0.15) is 11.6 Å². The van der Waals surface area contributed by atoms with Crippen LogP contribution in [0.3, 0.4) is 0 Å². The molecule has 1 aliphatic heterocycles. The summed E-state index contributed by atoms with van der Waals surface area (Å²) in [5.41, 5.74) is 1.77. The van der Waals surface area contributed by atoms with Crippen molar-refractivity contribution in [2.75, 3.05) is 11.9 Å². The average Bonchev–Trinajstić information content (AvgIpc) is 2.39. The zero-order valence-corrected chi connectivity index (χ0v) is 9.06. The molecule has 86 valence electrons. The predicted molar refractivity (Wildman–Crippen MR) is 62.5 cm³/mol. The van der Waals surface area contributed by atoms with E-state index in [1.165, 1.54) is 12.1 Å². The topological polar surface area (TPSA) is 34.2 Å². The van der Waals surface area contributed by atoms with Gasteiger partial charge >= 0.3 is 0 Å². The Morgan fingerprint density at radius 1 is 1.24 bits per heavy atom. The second-order valence-corrected chi connectivity index (χ2v) is 3.93. The van der Waals surface area contributed by atoms with Gasteiger partial charge in [0.2, 0.25) is 0 Å². The molecule has 3 nitrogen and oxygen atoms in total. The number of nitrogens with one attached hydrogen (secondary N) is 1. The van der Waals surface area contributed by atoms with Crippen LogP contribution < -0.4 is 10.1 Å². The third kappa shape index (κ3) is 1.93. The van der Waals surface area contributed by atoms with Gasteiger partial charge in [0.15, 0.2) is 0 Å².